The molecule has 0 amide bonds. The normalized spacial score (nSPS) is 12.6. The highest BCUT2D eigenvalue weighted by Crippen LogP contribution is 2.29. The molecule has 108 valence electrons. The summed E-state index contributed by atoms with van der Waals surface area (Å²) >= 11 is 3.83. The molecule has 0 saturated heterocycles. The molecule has 1 unspecified atom stereocenters. The third kappa shape index (κ3) is 7.15. The number of halogens is 1. The van der Waals surface area contributed by atoms with Gasteiger partial charge in [-0.15, -0.1) is 0 Å². The number of rotatable bonds is 10. The molecule has 0 bridgehead atoms. The first kappa shape index (κ1) is 16.8. The molecular weight excluding hydrogens is 296 g/mol. The molecule has 0 aliphatic heterocycles. The highest BCUT2D eigenvalue weighted by atomic mass is 79.9. The quantitative estimate of drug-likeness (QED) is 0.327. The molecule has 19 heavy (non-hydrogen) atoms. The SMILES string of the molecule is CCCCCCCCCC(Br)c1ccc(CC)cc1. The van der Waals surface area contributed by atoms with Gasteiger partial charge in [-0.2, -0.15) is 0 Å². The van der Waals surface area contributed by atoms with Crippen LogP contribution in [0.25, 0.3) is 0 Å². The molecule has 1 atom stereocenters. The molecule has 1 rings (SSSR count). The third-order valence-electron chi connectivity index (χ3n) is 3.81. The van der Waals surface area contributed by atoms with Crippen LogP contribution < -0.4 is 0 Å². The first-order valence-electron chi connectivity index (χ1n) is 8.00. The second-order valence-corrected chi connectivity index (χ2v) is 6.58. The van der Waals surface area contributed by atoms with Gasteiger partial charge in [-0.1, -0.05) is 99.0 Å². The van der Waals surface area contributed by atoms with E-state index in [0.717, 1.165) is 6.42 Å². The molecule has 0 fully saturated rings. The minimum absolute atomic E-state index is 0.536. The molecule has 0 radical (unpaired) electrons. The lowest BCUT2D eigenvalue weighted by atomic mass is 10.0. The van der Waals surface area contributed by atoms with Crippen molar-refractivity contribution in [1.29, 1.82) is 0 Å². The van der Waals surface area contributed by atoms with Crippen LogP contribution in [0.5, 0.6) is 0 Å². The van der Waals surface area contributed by atoms with Gasteiger partial charge in [0, 0.05) is 4.83 Å². The van der Waals surface area contributed by atoms with Gasteiger partial charge in [-0.25, -0.2) is 0 Å². The lowest BCUT2D eigenvalue weighted by molar-refractivity contribution is 0.574. The molecule has 0 nitrogen and oxygen atoms in total. The Morgan fingerprint density at radius 3 is 2.00 bits per heavy atom. The van der Waals surface area contributed by atoms with Crippen LogP contribution in [-0.4, -0.2) is 0 Å². The summed E-state index contributed by atoms with van der Waals surface area (Å²) in [7, 11) is 0. The molecule has 0 saturated carbocycles. The molecule has 1 aromatic rings. The van der Waals surface area contributed by atoms with E-state index in [1.165, 1.54) is 62.5 Å². The summed E-state index contributed by atoms with van der Waals surface area (Å²) in [4.78, 5) is 0.536. The van der Waals surface area contributed by atoms with Crippen LogP contribution in [0.4, 0.5) is 0 Å². The molecule has 0 spiro atoms. The summed E-state index contributed by atoms with van der Waals surface area (Å²) in [5.41, 5.74) is 2.86. The number of unbranched alkanes of at least 4 members (excludes halogenated alkanes) is 6. The Hall–Kier alpha value is -0.300. The summed E-state index contributed by atoms with van der Waals surface area (Å²) in [6.07, 6.45) is 12.1. The minimum Gasteiger partial charge on any atom is -0.0839 e. The van der Waals surface area contributed by atoms with Crippen molar-refractivity contribution in [3.63, 3.8) is 0 Å². The first-order valence-corrected chi connectivity index (χ1v) is 8.92. The van der Waals surface area contributed by atoms with Crippen molar-refractivity contribution in [2.75, 3.05) is 0 Å². The van der Waals surface area contributed by atoms with Crippen molar-refractivity contribution in [2.45, 2.75) is 76.5 Å². The monoisotopic (exact) mass is 324 g/mol. The number of hydrogen-bond donors (Lipinski definition) is 0. The van der Waals surface area contributed by atoms with Gasteiger partial charge < -0.3 is 0 Å². The molecule has 1 aromatic carbocycles. The average Bonchev–Trinajstić information content (AvgIpc) is 2.46. The fourth-order valence-corrected chi connectivity index (χ4v) is 3.04. The Balaban J connectivity index is 2.14. The van der Waals surface area contributed by atoms with E-state index in [9.17, 15) is 0 Å². The summed E-state index contributed by atoms with van der Waals surface area (Å²) in [5, 5.41) is 0. The first-order chi connectivity index (χ1) is 9.27. The lowest BCUT2D eigenvalue weighted by Crippen LogP contribution is -1.91. The third-order valence-corrected chi connectivity index (χ3v) is 4.80. The fraction of sp³-hybridized carbons (Fsp3) is 0.667. The second-order valence-electron chi connectivity index (χ2n) is 5.47. The fourth-order valence-electron chi connectivity index (χ4n) is 2.41. The summed E-state index contributed by atoms with van der Waals surface area (Å²) in [6, 6.07) is 9.07. The van der Waals surface area contributed by atoms with E-state index in [4.69, 9.17) is 0 Å². The average molecular weight is 325 g/mol. The van der Waals surface area contributed by atoms with Gasteiger partial charge in [0.25, 0.3) is 0 Å². The molecule has 0 N–H and O–H groups in total. The number of benzene rings is 1. The van der Waals surface area contributed by atoms with Crippen molar-refractivity contribution in [2.24, 2.45) is 0 Å². The topological polar surface area (TPSA) is 0 Å². The molecule has 0 aliphatic carbocycles. The molecule has 0 heterocycles. The van der Waals surface area contributed by atoms with Crippen molar-refractivity contribution in [1.82, 2.24) is 0 Å². The van der Waals surface area contributed by atoms with Gasteiger partial charge in [0.05, 0.1) is 0 Å². The maximum Gasteiger partial charge on any atom is 0.0395 e. The number of alkyl halides is 1. The molecular formula is C18H29Br. The van der Waals surface area contributed by atoms with Gasteiger partial charge >= 0.3 is 0 Å². The van der Waals surface area contributed by atoms with E-state index in [1.807, 2.05) is 0 Å². The van der Waals surface area contributed by atoms with Crippen LogP contribution in [0.15, 0.2) is 24.3 Å². The maximum absolute atomic E-state index is 3.83. The van der Waals surface area contributed by atoms with Crippen molar-refractivity contribution < 1.29 is 0 Å². The summed E-state index contributed by atoms with van der Waals surface area (Å²) in [5.74, 6) is 0. The van der Waals surface area contributed by atoms with Crippen molar-refractivity contribution in [3.8, 4) is 0 Å². The van der Waals surface area contributed by atoms with Crippen molar-refractivity contribution >= 4 is 15.9 Å². The zero-order valence-electron chi connectivity index (χ0n) is 12.6. The van der Waals surface area contributed by atoms with E-state index in [1.54, 1.807) is 0 Å². The zero-order chi connectivity index (χ0) is 13.9. The molecule has 0 aromatic heterocycles. The van der Waals surface area contributed by atoms with E-state index >= 15 is 0 Å². The standard InChI is InChI=1S/C18H29Br/c1-3-5-6-7-8-9-10-11-18(19)17-14-12-16(4-2)13-15-17/h12-15,18H,3-11H2,1-2H3. The van der Waals surface area contributed by atoms with E-state index < -0.39 is 0 Å². The zero-order valence-corrected chi connectivity index (χ0v) is 14.2. The van der Waals surface area contributed by atoms with Crippen LogP contribution in [0.2, 0.25) is 0 Å². The highest BCUT2D eigenvalue weighted by molar-refractivity contribution is 9.09. The molecule has 1 heteroatoms. The van der Waals surface area contributed by atoms with E-state index in [2.05, 4.69) is 54.0 Å². The Labute approximate surface area is 128 Å². The van der Waals surface area contributed by atoms with Crippen molar-refractivity contribution in [3.05, 3.63) is 35.4 Å². The van der Waals surface area contributed by atoms with Crippen LogP contribution in [0.3, 0.4) is 0 Å². The smallest absolute Gasteiger partial charge is 0.0395 e. The number of hydrogen-bond acceptors (Lipinski definition) is 0. The number of aryl methyl sites for hydroxylation is 1. The predicted octanol–water partition coefficient (Wildman–Crippen LogP) is 6.83. The van der Waals surface area contributed by atoms with Crippen LogP contribution in [0, 0.1) is 0 Å². The molecule has 0 aliphatic rings. The predicted molar refractivity (Wildman–Crippen MR) is 90.1 cm³/mol. The van der Waals surface area contributed by atoms with E-state index in [0.29, 0.717) is 4.83 Å². The Morgan fingerprint density at radius 2 is 1.42 bits per heavy atom. The van der Waals surface area contributed by atoms with E-state index in [-0.39, 0.29) is 0 Å². The Bertz CT molecular complexity index is 315. The maximum atomic E-state index is 3.83. The Kier molecular flexibility index (Phi) is 9.24. The van der Waals surface area contributed by atoms with Crippen LogP contribution in [-0.2, 0) is 6.42 Å². The summed E-state index contributed by atoms with van der Waals surface area (Å²) < 4.78 is 0. The van der Waals surface area contributed by atoms with Gasteiger partial charge in [-0.05, 0) is 24.0 Å². The second kappa shape index (κ2) is 10.5. The van der Waals surface area contributed by atoms with Gasteiger partial charge in [-0.3, -0.25) is 0 Å². The van der Waals surface area contributed by atoms with Gasteiger partial charge in [0.15, 0.2) is 0 Å². The largest absolute Gasteiger partial charge is 0.0839 e. The van der Waals surface area contributed by atoms with Crippen LogP contribution in [0.1, 0.15) is 81.2 Å². The van der Waals surface area contributed by atoms with Gasteiger partial charge in [0.1, 0.15) is 0 Å². The van der Waals surface area contributed by atoms with Gasteiger partial charge in [0.2, 0.25) is 0 Å². The lowest BCUT2D eigenvalue weighted by Gasteiger charge is -2.10. The van der Waals surface area contributed by atoms with Crippen LogP contribution >= 0.6 is 15.9 Å². The highest BCUT2D eigenvalue weighted by Gasteiger charge is 2.06. The summed E-state index contributed by atoms with van der Waals surface area (Å²) in [6.45, 7) is 4.48. The minimum atomic E-state index is 0.536. The Morgan fingerprint density at radius 1 is 0.842 bits per heavy atom.